The Labute approximate surface area is 120 Å². The second-order valence-corrected chi connectivity index (χ2v) is 5.16. The van der Waals surface area contributed by atoms with Gasteiger partial charge in [-0.25, -0.2) is 0 Å². The van der Waals surface area contributed by atoms with Gasteiger partial charge in [0.25, 0.3) is 0 Å². The summed E-state index contributed by atoms with van der Waals surface area (Å²) >= 11 is 0. The predicted molar refractivity (Wildman–Crippen MR) is 77.7 cm³/mol. The maximum atomic E-state index is 8.72. The summed E-state index contributed by atoms with van der Waals surface area (Å²) in [6, 6.07) is 10.0. The van der Waals surface area contributed by atoms with E-state index in [4.69, 9.17) is 14.7 Å². The van der Waals surface area contributed by atoms with Crippen LogP contribution in [0.25, 0.3) is 0 Å². The quantitative estimate of drug-likeness (QED) is 0.747. The van der Waals surface area contributed by atoms with Gasteiger partial charge in [-0.15, -0.1) is 0 Å². The lowest BCUT2D eigenvalue weighted by atomic mass is 10.1. The van der Waals surface area contributed by atoms with Gasteiger partial charge in [0.2, 0.25) is 0 Å². The van der Waals surface area contributed by atoms with Crippen molar-refractivity contribution in [3.05, 3.63) is 29.8 Å². The third-order valence-electron chi connectivity index (χ3n) is 3.72. The van der Waals surface area contributed by atoms with Crippen molar-refractivity contribution in [3.63, 3.8) is 0 Å². The fraction of sp³-hybridized carbons (Fsp3) is 0.562. The van der Waals surface area contributed by atoms with Gasteiger partial charge in [-0.05, 0) is 50.6 Å². The molecular weight excluding hydrogens is 252 g/mol. The molecule has 1 aliphatic heterocycles. The summed E-state index contributed by atoms with van der Waals surface area (Å²) < 4.78 is 11.1. The van der Waals surface area contributed by atoms with Crippen LogP contribution < -0.4 is 4.74 Å². The summed E-state index contributed by atoms with van der Waals surface area (Å²) in [6.45, 7) is 3.52. The molecule has 0 amide bonds. The number of hydrogen-bond donors (Lipinski definition) is 0. The van der Waals surface area contributed by atoms with Crippen LogP contribution in [-0.4, -0.2) is 44.4 Å². The second kappa shape index (κ2) is 7.88. The SMILES string of the molecule is CN(CCCOc1ccc(C#N)cc1)C1CCOCC1. The second-order valence-electron chi connectivity index (χ2n) is 5.16. The Bertz CT molecular complexity index is 433. The smallest absolute Gasteiger partial charge is 0.119 e. The van der Waals surface area contributed by atoms with Crippen LogP contribution >= 0.6 is 0 Å². The van der Waals surface area contributed by atoms with Crippen LogP contribution in [0.3, 0.4) is 0 Å². The fourth-order valence-electron chi connectivity index (χ4n) is 2.44. The van der Waals surface area contributed by atoms with E-state index in [2.05, 4.69) is 18.0 Å². The molecule has 0 radical (unpaired) electrons. The van der Waals surface area contributed by atoms with Crippen LogP contribution in [0.15, 0.2) is 24.3 Å². The van der Waals surface area contributed by atoms with Crippen molar-refractivity contribution in [2.45, 2.75) is 25.3 Å². The lowest BCUT2D eigenvalue weighted by molar-refractivity contribution is 0.0417. The van der Waals surface area contributed by atoms with Crippen LogP contribution in [0.1, 0.15) is 24.8 Å². The Hall–Kier alpha value is -1.57. The summed E-state index contributed by atoms with van der Waals surface area (Å²) in [4.78, 5) is 2.41. The van der Waals surface area contributed by atoms with Gasteiger partial charge < -0.3 is 14.4 Å². The molecule has 0 atom stereocenters. The minimum absolute atomic E-state index is 0.652. The first-order chi connectivity index (χ1) is 9.79. The molecule has 1 aromatic carbocycles. The van der Waals surface area contributed by atoms with Crippen LogP contribution in [0.4, 0.5) is 0 Å². The van der Waals surface area contributed by atoms with Crippen molar-refractivity contribution in [1.82, 2.24) is 4.90 Å². The van der Waals surface area contributed by atoms with E-state index in [1.807, 2.05) is 12.1 Å². The summed E-state index contributed by atoms with van der Waals surface area (Å²) in [5.74, 6) is 0.831. The largest absolute Gasteiger partial charge is 0.494 e. The summed E-state index contributed by atoms with van der Waals surface area (Å²) in [7, 11) is 2.18. The van der Waals surface area contributed by atoms with Gasteiger partial charge >= 0.3 is 0 Å². The Morgan fingerprint density at radius 1 is 1.30 bits per heavy atom. The first-order valence-corrected chi connectivity index (χ1v) is 7.20. The highest BCUT2D eigenvalue weighted by atomic mass is 16.5. The predicted octanol–water partition coefficient (Wildman–Crippen LogP) is 2.44. The molecule has 0 aliphatic carbocycles. The maximum absolute atomic E-state index is 8.72. The Kier molecular flexibility index (Phi) is 5.85. The number of rotatable bonds is 6. The van der Waals surface area contributed by atoms with E-state index in [1.54, 1.807) is 12.1 Å². The van der Waals surface area contributed by atoms with Crippen molar-refractivity contribution in [2.75, 3.05) is 33.4 Å². The molecule has 1 aromatic rings. The highest BCUT2D eigenvalue weighted by Crippen LogP contribution is 2.14. The fourth-order valence-corrected chi connectivity index (χ4v) is 2.44. The Morgan fingerprint density at radius 2 is 2.00 bits per heavy atom. The van der Waals surface area contributed by atoms with Gasteiger partial charge in [0.15, 0.2) is 0 Å². The monoisotopic (exact) mass is 274 g/mol. The molecule has 20 heavy (non-hydrogen) atoms. The van der Waals surface area contributed by atoms with Crippen molar-refractivity contribution in [2.24, 2.45) is 0 Å². The molecule has 0 unspecified atom stereocenters. The molecule has 1 heterocycles. The molecule has 0 spiro atoms. The third-order valence-corrected chi connectivity index (χ3v) is 3.72. The van der Waals surface area contributed by atoms with Crippen molar-refractivity contribution in [1.29, 1.82) is 5.26 Å². The normalized spacial score (nSPS) is 16.1. The maximum Gasteiger partial charge on any atom is 0.119 e. The van der Waals surface area contributed by atoms with Crippen molar-refractivity contribution >= 4 is 0 Å². The van der Waals surface area contributed by atoms with Crippen molar-refractivity contribution < 1.29 is 9.47 Å². The summed E-state index contributed by atoms with van der Waals surface area (Å²) in [5.41, 5.74) is 0.664. The molecule has 108 valence electrons. The van der Waals surface area contributed by atoms with Gasteiger partial charge in [-0.2, -0.15) is 5.26 Å². The van der Waals surface area contributed by atoms with E-state index in [1.165, 1.54) is 0 Å². The third kappa shape index (κ3) is 4.52. The van der Waals surface area contributed by atoms with E-state index < -0.39 is 0 Å². The molecule has 1 fully saturated rings. The molecule has 0 aromatic heterocycles. The van der Waals surface area contributed by atoms with E-state index in [0.29, 0.717) is 18.2 Å². The van der Waals surface area contributed by atoms with Crippen LogP contribution in [0, 0.1) is 11.3 Å². The Morgan fingerprint density at radius 3 is 2.65 bits per heavy atom. The zero-order chi connectivity index (χ0) is 14.2. The zero-order valence-electron chi connectivity index (χ0n) is 12.0. The van der Waals surface area contributed by atoms with Gasteiger partial charge in [0, 0.05) is 25.8 Å². The molecule has 2 rings (SSSR count). The number of nitrogens with zero attached hydrogens (tertiary/aromatic N) is 2. The minimum Gasteiger partial charge on any atom is -0.494 e. The molecule has 0 saturated carbocycles. The van der Waals surface area contributed by atoms with Gasteiger partial charge in [0.1, 0.15) is 5.75 Å². The topological polar surface area (TPSA) is 45.5 Å². The van der Waals surface area contributed by atoms with Gasteiger partial charge in [-0.3, -0.25) is 0 Å². The molecular formula is C16H22N2O2. The van der Waals surface area contributed by atoms with Gasteiger partial charge in [-0.1, -0.05) is 0 Å². The van der Waals surface area contributed by atoms with E-state index >= 15 is 0 Å². The van der Waals surface area contributed by atoms with E-state index in [-0.39, 0.29) is 0 Å². The van der Waals surface area contributed by atoms with E-state index in [9.17, 15) is 0 Å². The number of hydrogen-bond acceptors (Lipinski definition) is 4. The van der Waals surface area contributed by atoms with Crippen LogP contribution in [-0.2, 0) is 4.74 Å². The lowest BCUT2D eigenvalue weighted by Crippen LogP contribution is -2.37. The summed E-state index contributed by atoms with van der Waals surface area (Å²) in [5, 5.41) is 8.72. The zero-order valence-corrected chi connectivity index (χ0v) is 12.0. The molecule has 1 aliphatic rings. The highest BCUT2D eigenvalue weighted by Gasteiger charge is 2.17. The van der Waals surface area contributed by atoms with Crippen molar-refractivity contribution in [3.8, 4) is 11.8 Å². The molecule has 4 heteroatoms. The first kappa shape index (κ1) is 14.8. The standard InChI is InChI=1S/C16H22N2O2/c1-18(15-7-11-19-12-8-15)9-2-10-20-16-5-3-14(13-17)4-6-16/h3-6,15H,2,7-12H2,1H3. The first-order valence-electron chi connectivity index (χ1n) is 7.20. The van der Waals surface area contributed by atoms with Crippen LogP contribution in [0.2, 0.25) is 0 Å². The Balaban J connectivity index is 1.64. The molecule has 0 bridgehead atoms. The number of benzene rings is 1. The highest BCUT2D eigenvalue weighted by molar-refractivity contribution is 5.34. The lowest BCUT2D eigenvalue weighted by Gasteiger charge is -2.31. The molecule has 1 saturated heterocycles. The molecule has 4 nitrogen and oxygen atoms in total. The molecule has 0 N–H and O–H groups in total. The summed E-state index contributed by atoms with van der Waals surface area (Å²) in [6.07, 6.45) is 3.27. The van der Waals surface area contributed by atoms with Crippen LogP contribution in [0.5, 0.6) is 5.75 Å². The number of ether oxygens (including phenoxy) is 2. The van der Waals surface area contributed by atoms with E-state index in [0.717, 1.165) is 44.8 Å². The average Bonchev–Trinajstić information content (AvgIpc) is 2.53. The average molecular weight is 274 g/mol. The minimum atomic E-state index is 0.652. The number of nitriles is 1. The van der Waals surface area contributed by atoms with Gasteiger partial charge in [0.05, 0.1) is 18.2 Å².